The standard InChI is InChI=1S/C13H14Cl2N2O3/c14-9-5-4-8(7-10(9)15)16-13(20)17-6-2-1-3-11(17)12(18)19/h4-5,7,11H,1-3,6H2,(H,16,20)(H,18,19). The summed E-state index contributed by atoms with van der Waals surface area (Å²) in [6.07, 6.45) is 2.09. The third-order valence-corrected chi connectivity index (χ3v) is 3.96. The van der Waals surface area contributed by atoms with E-state index < -0.39 is 18.0 Å². The summed E-state index contributed by atoms with van der Waals surface area (Å²) in [6.45, 7) is 0.435. The summed E-state index contributed by atoms with van der Waals surface area (Å²) in [4.78, 5) is 24.7. The summed E-state index contributed by atoms with van der Waals surface area (Å²) in [6, 6.07) is 3.51. The van der Waals surface area contributed by atoms with Crippen molar-refractivity contribution in [3.8, 4) is 0 Å². The number of carboxylic acid groups (broad SMARTS) is 1. The fourth-order valence-corrected chi connectivity index (χ4v) is 2.50. The predicted molar refractivity (Wildman–Crippen MR) is 77.5 cm³/mol. The predicted octanol–water partition coefficient (Wildman–Crippen LogP) is 3.46. The van der Waals surface area contributed by atoms with Gasteiger partial charge in [0.1, 0.15) is 6.04 Å². The highest BCUT2D eigenvalue weighted by Crippen LogP contribution is 2.26. The van der Waals surface area contributed by atoms with Crippen LogP contribution in [0.1, 0.15) is 19.3 Å². The molecule has 2 amide bonds. The Morgan fingerprint density at radius 3 is 2.65 bits per heavy atom. The van der Waals surface area contributed by atoms with Crippen molar-refractivity contribution < 1.29 is 14.7 Å². The molecule has 0 aliphatic carbocycles. The van der Waals surface area contributed by atoms with E-state index in [-0.39, 0.29) is 0 Å². The zero-order chi connectivity index (χ0) is 14.7. The van der Waals surface area contributed by atoms with Gasteiger partial charge in [0.25, 0.3) is 0 Å². The van der Waals surface area contributed by atoms with Crippen molar-refractivity contribution in [3.63, 3.8) is 0 Å². The van der Waals surface area contributed by atoms with Crippen molar-refractivity contribution in [2.24, 2.45) is 0 Å². The van der Waals surface area contributed by atoms with Gasteiger partial charge in [-0.3, -0.25) is 0 Å². The average Bonchev–Trinajstić information content (AvgIpc) is 2.43. The Morgan fingerprint density at radius 1 is 1.25 bits per heavy atom. The molecule has 20 heavy (non-hydrogen) atoms. The maximum Gasteiger partial charge on any atom is 0.326 e. The third-order valence-electron chi connectivity index (χ3n) is 3.22. The van der Waals surface area contributed by atoms with Crippen LogP contribution in [0.15, 0.2) is 18.2 Å². The molecule has 0 bridgehead atoms. The largest absolute Gasteiger partial charge is 0.480 e. The van der Waals surface area contributed by atoms with E-state index in [1.165, 1.54) is 11.0 Å². The number of likely N-dealkylation sites (tertiary alicyclic amines) is 1. The number of rotatable bonds is 2. The van der Waals surface area contributed by atoms with Crippen LogP contribution in [0.2, 0.25) is 10.0 Å². The second-order valence-corrected chi connectivity index (χ2v) is 5.42. The van der Waals surface area contributed by atoms with E-state index in [0.29, 0.717) is 28.7 Å². The number of urea groups is 1. The van der Waals surface area contributed by atoms with Crippen molar-refractivity contribution in [1.29, 1.82) is 0 Å². The molecule has 0 saturated carbocycles. The van der Waals surface area contributed by atoms with Crippen molar-refractivity contribution in [3.05, 3.63) is 28.2 Å². The molecule has 1 unspecified atom stereocenters. The van der Waals surface area contributed by atoms with E-state index in [2.05, 4.69) is 5.32 Å². The number of nitrogens with one attached hydrogen (secondary N) is 1. The zero-order valence-electron chi connectivity index (χ0n) is 10.6. The number of amides is 2. The first-order valence-corrected chi connectivity index (χ1v) is 7.00. The number of hydrogen-bond acceptors (Lipinski definition) is 2. The average molecular weight is 317 g/mol. The van der Waals surface area contributed by atoms with Gasteiger partial charge in [0.05, 0.1) is 10.0 Å². The van der Waals surface area contributed by atoms with Crippen LogP contribution in [0.25, 0.3) is 0 Å². The summed E-state index contributed by atoms with van der Waals surface area (Å²) < 4.78 is 0. The van der Waals surface area contributed by atoms with E-state index in [0.717, 1.165) is 12.8 Å². The number of anilines is 1. The van der Waals surface area contributed by atoms with Crippen molar-refractivity contribution in [2.75, 3.05) is 11.9 Å². The molecular formula is C13H14Cl2N2O3. The van der Waals surface area contributed by atoms with Crippen molar-refractivity contribution in [1.82, 2.24) is 4.90 Å². The van der Waals surface area contributed by atoms with Gasteiger partial charge in [-0.2, -0.15) is 0 Å². The van der Waals surface area contributed by atoms with Crippen molar-refractivity contribution in [2.45, 2.75) is 25.3 Å². The highest BCUT2D eigenvalue weighted by molar-refractivity contribution is 6.42. The highest BCUT2D eigenvalue weighted by atomic mass is 35.5. The Morgan fingerprint density at radius 2 is 2.00 bits per heavy atom. The summed E-state index contributed by atoms with van der Waals surface area (Å²) in [5.74, 6) is -0.978. The number of nitrogens with zero attached hydrogens (tertiary/aromatic N) is 1. The SMILES string of the molecule is O=C(O)C1CCCCN1C(=O)Nc1ccc(Cl)c(Cl)c1. The lowest BCUT2D eigenvalue weighted by molar-refractivity contribution is -0.143. The Labute approximate surface area is 126 Å². The Bertz CT molecular complexity index is 536. The molecule has 1 fully saturated rings. The molecule has 0 aromatic heterocycles. The summed E-state index contributed by atoms with van der Waals surface area (Å²) in [5, 5.41) is 12.5. The quantitative estimate of drug-likeness (QED) is 0.877. The first kappa shape index (κ1) is 14.9. The molecule has 1 atom stereocenters. The molecule has 2 N–H and O–H groups in total. The molecular weight excluding hydrogens is 303 g/mol. The number of carbonyl (C=O) groups excluding carboxylic acids is 1. The second-order valence-electron chi connectivity index (χ2n) is 4.60. The van der Waals surface area contributed by atoms with Crippen molar-refractivity contribution >= 4 is 40.9 Å². The normalized spacial score (nSPS) is 18.7. The summed E-state index contributed by atoms with van der Waals surface area (Å²) in [5.41, 5.74) is 0.485. The Balaban J connectivity index is 2.09. The molecule has 0 radical (unpaired) electrons. The molecule has 1 aromatic carbocycles. The summed E-state index contributed by atoms with van der Waals surface area (Å²) >= 11 is 11.7. The fraction of sp³-hybridized carbons (Fsp3) is 0.385. The smallest absolute Gasteiger partial charge is 0.326 e. The minimum Gasteiger partial charge on any atom is -0.480 e. The van der Waals surface area contributed by atoms with E-state index in [1.807, 2.05) is 0 Å². The van der Waals surface area contributed by atoms with E-state index in [9.17, 15) is 9.59 Å². The lowest BCUT2D eigenvalue weighted by Gasteiger charge is -2.32. The first-order valence-electron chi connectivity index (χ1n) is 6.24. The third kappa shape index (κ3) is 3.35. The van der Waals surface area contributed by atoms with Gasteiger partial charge in [-0.05, 0) is 37.5 Å². The number of benzene rings is 1. The van der Waals surface area contributed by atoms with Gasteiger partial charge in [0.2, 0.25) is 0 Å². The minimum atomic E-state index is -0.978. The zero-order valence-corrected chi connectivity index (χ0v) is 12.1. The maximum absolute atomic E-state index is 12.2. The van der Waals surface area contributed by atoms with Gasteiger partial charge >= 0.3 is 12.0 Å². The Kier molecular flexibility index (Phi) is 4.73. The number of aliphatic carboxylic acids is 1. The van der Waals surface area contributed by atoms with Crippen LogP contribution >= 0.6 is 23.2 Å². The van der Waals surface area contributed by atoms with Crippen LogP contribution in [0, 0.1) is 0 Å². The van der Waals surface area contributed by atoms with Crippen LogP contribution < -0.4 is 5.32 Å². The van der Waals surface area contributed by atoms with Crippen LogP contribution in [0.3, 0.4) is 0 Å². The fourth-order valence-electron chi connectivity index (χ4n) is 2.20. The van der Waals surface area contributed by atoms with Gasteiger partial charge in [-0.1, -0.05) is 23.2 Å². The van der Waals surface area contributed by atoms with E-state index in [1.54, 1.807) is 12.1 Å². The molecule has 1 aromatic rings. The number of carbonyl (C=O) groups is 2. The highest BCUT2D eigenvalue weighted by Gasteiger charge is 2.31. The number of carboxylic acids is 1. The summed E-state index contributed by atoms with van der Waals surface area (Å²) in [7, 11) is 0. The van der Waals surface area contributed by atoms with Crippen LogP contribution in [0.5, 0.6) is 0 Å². The van der Waals surface area contributed by atoms with Gasteiger partial charge in [-0.25, -0.2) is 9.59 Å². The number of hydrogen-bond donors (Lipinski definition) is 2. The molecule has 1 aliphatic rings. The lowest BCUT2D eigenvalue weighted by Crippen LogP contribution is -2.49. The lowest BCUT2D eigenvalue weighted by atomic mass is 10.0. The van der Waals surface area contributed by atoms with Gasteiger partial charge in [0, 0.05) is 12.2 Å². The second kappa shape index (κ2) is 6.33. The van der Waals surface area contributed by atoms with E-state index >= 15 is 0 Å². The number of halogens is 2. The molecule has 108 valence electrons. The molecule has 7 heteroatoms. The van der Waals surface area contributed by atoms with Gasteiger partial charge in [-0.15, -0.1) is 0 Å². The maximum atomic E-state index is 12.2. The van der Waals surface area contributed by atoms with Crippen LogP contribution in [-0.2, 0) is 4.79 Å². The molecule has 2 rings (SSSR count). The molecule has 1 heterocycles. The first-order chi connectivity index (χ1) is 9.49. The van der Waals surface area contributed by atoms with Gasteiger partial charge < -0.3 is 15.3 Å². The Hall–Kier alpha value is -1.46. The topological polar surface area (TPSA) is 69.6 Å². The molecule has 0 spiro atoms. The minimum absolute atomic E-state index is 0.331. The molecule has 1 aliphatic heterocycles. The molecule has 1 saturated heterocycles. The monoisotopic (exact) mass is 316 g/mol. The van der Waals surface area contributed by atoms with Crippen LogP contribution in [-0.4, -0.2) is 34.6 Å². The van der Waals surface area contributed by atoms with Crippen LogP contribution in [0.4, 0.5) is 10.5 Å². The number of piperidine rings is 1. The van der Waals surface area contributed by atoms with E-state index in [4.69, 9.17) is 28.3 Å². The molecule has 5 nitrogen and oxygen atoms in total. The van der Waals surface area contributed by atoms with Gasteiger partial charge in [0.15, 0.2) is 0 Å².